The lowest BCUT2D eigenvalue weighted by molar-refractivity contribution is -0.137. The first kappa shape index (κ1) is 12.1. The van der Waals surface area contributed by atoms with Crippen LogP contribution in [0.2, 0.25) is 0 Å². The Kier molecular flexibility index (Phi) is 3.47. The van der Waals surface area contributed by atoms with Gasteiger partial charge in [-0.05, 0) is 25.9 Å². The van der Waals surface area contributed by atoms with Crippen LogP contribution in [0.4, 0.5) is 0 Å². The average Bonchev–Trinajstić information content (AvgIpc) is 2.84. The van der Waals surface area contributed by atoms with Gasteiger partial charge in [-0.2, -0.15) is 0 Å². The zero-order valence-corrected chi connectivity index (χ0v) is 10.3. The van der Waals surface area contributed by atoms with Gasteiger partial charge in [0.25, 0.3) is 0 Å². The summed E-state index contributed by atoms with van der Waals surface area (Å²) in [6.45, 7) is 2.01. The molecule has 0 radical (unpaired) electrons. The molecule has 94 valence electrons. The molecule has 0 bridgehead atoms. The Morgan fingerprint density at radius 2 is 2.41 bits per heavy atom. The minimum Gasteiger partial charge on any atom is -0.481 e. The average molecular weight is 237 g/mol. The second-order valence-electron chi connectivity index (χ2n) is 4.91. The second-order valence-corrected chi connectivity index (χ2v) is 4.91. The van der Waals surface area contributed by atoms with E-state index >= 15 is 0 Å². The van der Waals surface area contributed by atoms with Crippen molar-refractivity contribution in [1.29, 1.82) is 0 Å². The predicted octanol–water partition coefficient (Wildman–Crippen LogP) is 0.930. The van der Waals surface area contributed by atoms with Gasteiger partial charge >= 0.3 is 5.97 Å². The van der Waals surface area contributed by atoms with Crippen molar-refractivity contribution in [2.45, 2.75) is 18.8 Å². The number of carboxylic acid groups (broad SMARTS) is 1. The molecule has 0 spiro atoms. The minimum atomic E-state index is -0.743. The largest absolute Gasteiger partial charge is 0.481 e. The first-order valence-corrected chi connectivity index (χ1v) is 5.95. The van der Waals surface area contributed by atoms with E-state index in [1.165, 1.54) is 0 Å². The van der Waals surface area contributed by atoms with Gasteiger partial charge in [0.2, 0.25) is 0 Å². The highest BCUT2D eigenvalue weighted by atomic mass is 16.4. The van der Waals surface area contributed by atoms with Crippen molar-refractivity contribution in [3.05, 3.63) is 18.2 Å². The maximum absolute atomic E-state index is 11.0. The van der Waals surface area contributed by atoms with E-state index in [1.54, 1.807) is 6.20 Å². The van der Waals surface area contributed by atoms with Crippen LogP contribution in [0.1, 0.15) is 24.6 Å². The van der Waals surface area contributed by atoms with Crippen LogP contribution < -0.4 is 0 Å². The minimum absolute atomic E-state index is 0.0254. The lowest BCUT2D eigenvalue weighted by atomic mass is 9.88. The topological polar surface area (TPSA) is 58.4 Å². The van der Waals surface area contributed by atoms with Gasteiger partial charge in [0.15, 0.2) is 0 Å². The smallest absolute Gasteiger partial charge is 0.304 e. The van der Waals surface area contributed by atoms with Crippen molar-refractivity contribution in [2.75, 3.05) is 20.1 Å². The van der Waals surface area contributed by atoms with Gasteiger partial charge in [0.05, 0.1) is 6.42 Å². The molecule has 17 heavy (non-hydrogen) atoms. The summed E-state index contributed by atoms with van der Waals surface area (Å²) in [6, 6.07) is 0. The summed E-state index contributed by atoms with van der Waals surface area (Å²) in [5, 5.41) is 9.05. The number of aryl methyl sites for hydroxylation is 1. The first-order valence-electron chi connectivity index (χ1n) is 5.95. The van der Waals surface area contributed by atoms with Gasteiger partial charge in [-0.3, -0.25) is 4.79 Å². The van der Waals surface area contributed by atoms with Crippen LogP contribution >= 0.6 is 0 Å². The van der Waals surface area contributed by atoms with E-state index in [0.29, 0.717) is 5.92 Å². The number of likely N-dealkylation sites (tertiary alicyclic amines) is 1. The maximum Gasteiger partial charge on any atom is 0.304 e. The molecule has 1 saturated heterocycles. The van der Waals surface area contributed by atoms with Gasteiger partial charge < -0.3 is 14.6 Å². The standard InChI is InChI=1S/C12H19N3O2/c1-14-5-3-9(8-14)10(7-11(16)17)12-13-4-6-15(12)2/h4,6,9-10H,3,5,7-8H2,1-2H3,(H,16,17). The van der Waals surface area contributed by atoms with Crippen molar-refractivity contribution >= 4 is 5.97 Å². The van der Waals surface area contributed by atoms with E-state index in [-0.39, 0.29) is 12.3 Å². The van der Waals surface area contributed by atoms with Gasteiger partial charge in [0, 0.05) is 31.9 Å². The van der Waals surface area contributed by atoms with Crippen LogP contribution in [0.3, 0.4) is 0 Å². The summed E-state index contributed by atoms with van der Waals surface area (Å²) in [7, 11) is 4.01. The Balaban J connectivity index is 2.19. The third kappa shape index (κ3) is 2.66. The zero-order chi connectivity index (χ0) is 12.4. The van der Waals surface area contributed by atoms with E-state index in [1.807, 2.05) is 17.8 Å². The highest BCUT2D eigenvalue weighted by Gasteiger charge is 2.32. The summed E-state index contributed by atoms with van der Waals surface area (Å²) in [5.74, 6) is 0.579. The maximum atomic E-state index is 11.0. The van der Waals surface area contributed by atoms with Crippen LogP contribution in [0.5, 0.6) is 0 Å². The van der Waals surface area contributed by atoms with Crippen LogP contribution in [0, 0.1) is 5.92 Å². The molecule has 1 aliphatic rings. The summed E-state index contributed by atoms with van der Waals surface area (Å²) in [4.78, 5) is 17.6. The monoisotopic (exact) mass is 237 g/mol. The number of hydrogen-bond acceptors (Lipinski definition) is 3. The van der Waals surface area contributed by atoms with Gasteiger partial charge in [-0.1, -0.05) is 0 Å². The molecular weight excluding hydrogens is 218 g/mol. The molecule has 1 aliphatic heterocycles. The van der Waals surface area contributed by atoms with Crippen LogP contribution in [0.25, 0.3) is 0 Å². The molecule has 5 heteroatoms. The molecule has 2 heterocycles. The van der Waals surface area contributed by atoms with Crippen LogP contribution in [0.15, 0.2) is 12.4 Å². The van der Waals surface area contributed by atoms with Crippen LogP contribution in [-0.4, -0.2) is 45.7 Å². The van der Waals surface area contributed by atoms with Crippen molar-refractivity contribution in [3.63, 3.8) is 0 Å². The summed E-state index contributed by atoms with van der Waals surface area (Å²) < 4.78 is 1.94. The summed E-state index contributed by atoms with van der Waals surface area (Å²) in [5.41, 5.74) is 0. The SMILES string of the molecule is CN1CCC(C(CC(=O)O)c2nccn2C)C1. The molecule has 2 atom stereocenters. The first-order chi connectivity index (χ1) is 8.08. The number of hydrogen-bond donors (Lipinski definition) is 1. The Labute approximate surface area is 101 Å². The fourth-order valence-electron chi connectivity index (χ4n) is 2.69. The number of aliphatic carboxylic acids is 1. The quantitative estimate of drug-likeness (QED) is 0.846. The van der Waals surface area contributed by atoms with Gasteiger partial charge in [-0.25, -0.2) is 4.98 Å². The third-order valence-electron chi connectivity index (χ3n) is 3.58. The van der Waals surface area contributed by atoms with Crippen molar-refractivity contribution in [3.8, 4) is 0 Å². The van der Waals surface area contributed by atoms with Gasteiger partial charge in [-0.15, -0.1) is 0 Å². The predicted molar refractivity (Wildman–Crippen MR) is 63.8 cm³/mol. The highest BCUT2D eigenvalue weighted by Crippen LogP contribution is 2.33. The molecule has 1 N–H and O–H groups in total. The number of carboxylic acids is 1. The Morgan fingerprint density at radius 3 is 2.88 bits per heavy atom. The number of carbonyl (C=O) groups is 1. The molecule has 0 aromatic carbocycles. The molecule has 1 aromatic rings. The molecule has 5 nitrogen and oxygen atoms in total. The Bertz CT molecular complexity index is 402. The number of aromatic nitrogens is 2. The van der Waals surface area contributed by atoms with E-state index in [9.17, 15) is 4.79 Å². The Hall–Kier alpha value is -1.36. The fourth-order valence-corrected chi connectivity index (χ4v) is 2.69. The Morgan fingerprint density at radius 1 is 1.65 bits per heavy atom. The van der Waals surface area contributed by atoms with Crippen molar-refractivity contribution < 1.29 is 9.90 Å². The molecular formula is C12H19N3O2. The van der Waals surface area contributed by atoms with E-state index in [2.05, 4.69) is 16.9 Å². The highest BCUT2D eigenvalue weighted by molar-refractivity contribution is 5.67. The molecule has 0 aliphatic carbocycles. The fraction of sp³-hybridized carbons (Fsp3) is 0.667. The normalized spacial score (nSPS) is 22.8. The van der Waals surface area contributed by atoms with Gasteiger partial charge in [0.1, 0.15) is 5.82 Å². The van der Waals surface area contributed by atoms with Crippen molar-refractivity contribution in [2.24, 2.45) is 13.0 Å². The lowest BCUT2D eigenvalue weighted by Gasteiger charge is -2.21. The molecule has 0 saturated carbocycles. The number of imidazole rings is 1. The third-order valence-corrected chi connectivity index (χ3v) is 3.58. The number of rotatable bonds is 4. The van der Waals surface area contributed by atoms with E-state index in [4.69, 9.17) is 5.11 Å². The van der Waals surface area contributed by atoms with Crippen molar-refractivity contribution in [1.82, 2.24) is 14.5 Å². The van der Waals surface area contributed by atoms with E-state index in [0.717, 1.165) is 25.3 Å². The molecule has 0 amide bonds. The summed E-state index contributed by atoms with van der Waals surface area (Å²) >= 11 is 0. The molecule has 2 rings (SSSR count). The molecule has 1 aromatic heterocycles. The zero-order valence-electron chi connectivity index (χ0n) is 10.3. The lowest BCUT2D eigenvalue weighted by Crippen LogP contribution is -2.22. The second kappa shape index (κ2) is 4.87. The molecule has 1 fully saturated rings. The molecule has 2 unspecified atom stereocenters. The summed E-state index contributed by atoms with van der Waals surface area (Å²) in [6.07, 6.45) is 4.84. The van der Waals surface area contributed by atoms with Crippen LogP contribution in [-0.2, 0) is 11.8 Å². The number of nitrogens with zero attached hydrogens (tertiary/aromatic N) is 3. The van der Waals surface area contributed by atoms with E-state index < -0.39 is 5.97 Å².